The van der Waals surface area contributed by atoms with Crippen LogP contribution >= 0.6 is 0 Å². The number of carboxylic acid groups (broad SMARTS) is 1. The van der Waals surface area contributed by atoms with E-state index in [9.17, 15) is 27.2 Å². The van der Waals surface area contributed by atoms with Crippen molar-refractivity contribution < 1.29 is 46.5 Å². The summed E-state index contributed by atoms with van der Waals surface area (Å²) in [4.78, 5) is 21.7. The van der Waals surface area contributed by atoms with Gasteiger partial charge >= 0.3 is 11.9 Å². The van der Waals surface area contributed by atoms with Crippen molar-refractivity contribution in [1.82, 2.24) is 0 Å². The van der Waals surface area contributed by atoms with E-state index in [1.54, 1.807) is 12.1 Å². The molecule has 0 aliphatic heterocycles. The van der Waals surface area contributed by atoms with Gasteiger partial charge in [0.2, 0.25) is 0 Å². The van der Waals surface area contributed by atoms with Crippen molar-refractivity contribution >= 4 is 11.9 Å². The van der Waals surface area contributed by atoms with Crippen LogP contribution in [0.3, 0.4) is 0 Å². The van der Waals surface area contributed by atoms with Crippen molar-refractivity contribution in [3.63, 3.8) is 0 Å². The van der Waals surface area contributed by atoms with Gasteiger partial charge in [0.25, 0.3) is 11.8 Å². The minimum absolute atomic E-state index is 0.00453. The van der Waals surface area contributed by atoms with E-state index in [-0.39, 0.29) is 31.6 Å². The van der Waals surface area contributed by atoms with Crippen LogP contribution in [0.25, 0.3) is 0 Å². The predicted molar refractivity (Wildman–Crippen MR) is 108 cm³/mol. The first-order valence-electron chi connectivity index (χ1n) is 10.0. The highest BCUT2D eigenvalue weighted by Gasteiger charge is 2.57. The average molecular weight is 470 g/mol. The number of methoxy groups -OCH3 is 1. The molecule has 10 heteroatoms. The molecule has 0 radical (unpaired) electrons. The number of hydrogen-bond acceptors (Lipinski definition) is 5. The summed E-state index contributed by atoms with van der Waals surface area (Å²) in [5.74, 6) is -7.11. The zero-order valence-electron chi connectivity index (χ0n) is 17.6. The molecule has 2 unspecified atom stereocenters. The first kappa shape index (κ1) is 24.3. The van der Waals surface area contributed by atoms with Crippen LogP contribution in [0.2, 0.25) is 0 Å². The minimum Gasteiger partial charge on any atom is -0.493 e. The van der Waals surface area contributed by atoms with Gasteiger partial charge in [-0.3, -0.25) is 0 Å². The second kappa shape index (κ2) is 9.68. The van der Waals surface area contributed by atoms with E-state index < -0.39 is 35.6 Å². The van der Waals surface area contributed by atoms with Crippen LogP contribution in [-0.2, 0) is 4.74 Å². The van der Waals surface area contributed by atoms with Crippen molar-refractivity contribution in [2.75, 3.05) is 20.3 Å². The number of carbonyl (C=O) groups is 2. The van der Waals surface area contributed by atoms with Gasteiger partial charge in [-0.2, -0.15) is 0 Å². The first-order valence-corrected chi connectivity index (χ1v) is 10.0. The van der Waals surface area contributed by atoms with Crippen LogP contribution in [0, 0.1) is 11.8 Å². The number of carbonyl (C=O) groups excluding carboxylic acids is 1. The molecule has 0 saturated heterocycles. The van der Waals surface area contributed by atoms with Crippen LogP contribution in [-0.4, -0.2) is 49.2 Å². The Balaban J connectivity index is 0.000000186. The van der Waals surface area contributed by atoms with Crippen molar-refractivity contribution in [2.45, 2.75) is 24.7 Å². The zero-order valence-corrected chi connectivity index (χ0v) is 17.6. The highest BCUT2D eigenvalue weighted by molar-refractivity contribution is 5.89. The number of aromatic carboxylic acids is 1. The molecule has 33 heavy (non-hydrogen) atoms. The van der Waals surface area contributed by atoms with Crippen LogP contribution in [0.4, 0.5) is 17.6 Å². The Hall–Kier alpha value is -3.30. The van der Waals surface area contributed by atoms with E-state index in [4.69, 9.17) is 14.6 Å². The van der Waals surface area contributed by atoms with Gasteiger partial charge in [-0.05, 0) is 48.5 Å². The number of esters is 1. The van der Waals surface area contributed by atoms with Gasteiger partial charge in [0, 0.05) is 12.8 Å². The van der Waals surface area contributed by atoms with Gasteiger partial charge in [-0.1, -0.05) is 0 Å². The fourth-order valence-corrected chi connectivity index (χ4v) is 2.79. The third kappa shape index (κ3) is 6.84. The predicted octanol–water partition coefficient (Wildman–Crippen LogP) is 4.93. The minimum atomic E-state index is -2.58. The highest BCUT2D eigenvalue weighted by atomic mass is 19.3. The van der Waals surface area contributed by atoms with Gasteiger partial charge in [-0.15, -0.1) is 0 Å². The summed E-state index contributed by atoms with van der Waals surface area (Å²) >= 11 is 0. The van der Waals surface area contributed by atoms with Crippen LogP contribution in [0.1, 0.15) is 33.6 Å². The number of rotatable bonds is 8. The summed E-state index contributed by atoms with van der Waals surface area (Å²) in [6.45, 7) is -0.0238. The average Bonchev–Trinajstić information content (AvgIpc) is 3.63. The molecular weight excluding hydrogens is 448 g/mol. The molecule has 4 rings (SSSR count). The second-order valence-corrected chi connectivity index (χ2v) is 7.79. The number of halogens is 4. The molecule has 2 aromatic rings. The van der Waals surface area contributed by atoms with E-state index in [1.807, 2.05) is 0 Å². The molecule has 0 heterocycles. The van der Waals surface area contributed by atoms with Crippen LogP contribution in [0.5, 0.6) is 11.5 Å². The highest BCUT2D eigenvalue weighted by Crippen LogP contribution is 2.49. The molecule has 0 spiro atoms. The summed E-state index contributed by atoms with van der Waals surface area (Å²) in [5, 5.41) is 8.63. The molecule has 6 nitrogen and oxygen atoms in total. The van der Waals surface area contributed by atoms with Gasteiger partial charge < -0.3 is 19.3 Å². The third-order valence-electron chi connectivity index (χ3n) is 5.19. The van der Waals surface area contributed by atoms with Crippen molar-refractivity contribution in [2.24, 2.45) is 11.8 Å². The molecule has 2 saturated carbocycles. The molecule has 0 aromatic heterocycles. The maximum Gasteiger partial charge on any atom is 0.337 e. The Bertz CT molecular complexity index is 975. The summed E-state index contributed by atoms with van der Waals surface area (Å²) < 4.78 is 65.0. The smallest absolute Gasteiger partial charge is 0.337 e. The molecular formula is C23H22F4O6. The monoisotopic (exact) mass is 470 g/mol. The maximum absolute atomic E-state index is 12.6. The molecule has 2 aliphatic carbocycles. The lowest BCUT2D eigenvalue weighted by atomic mass is 10.2. The normalized spacial score (nSPS) is 21.1. The summed E-state index contributed by atoms with van der Waals surface area (Å²) in [6, 6.07) is 11.9. The van der Waals surface area contributed by atoms with Crippen molar-refractivity contribution in [1.29, 1.82) is 0 Å². The number of benzene rings is 2. The number of alkyl halides is 4. The SMILES string of the molecule is COC(=O)c1ccc(OCC2CC2(F)F)cc1.O=C(O)c1ccc(OCC2CC2(F)F)cc1. The van der Waals surface area contributed by atoms with E-state index in [0.29, 0.717) is 17.1 Å². The lowest BCUT2D eigenvalue weighted by molar-refractivity contribution is 0.0599. The summed E-state index contributed by atoms with van der Waals surface area (Å²) in [5.41, 5.74) is 0.542. The second-order valence-electron chi connectivity index (χ2n) is 7.79. The Labute approximate surface area is 187 Å². The largest absolute Gasteiger partial charge is 0.493 e. The lowest BCUT2D eigenvalue weighted by Gasteiger charge is -2.06. The van der Waals surface area contributed by atoms with E-state index >= 15 is 0 Å². The molecule has 2 fully saturated rings. The number of ether oxygens (including phenoxy) is 3. The molecule has 2 aromatic carbocycles. The van der Waals surface area contributed by atoms with Gasteiger partial charge in [-0.25, -0.2) is 27.2 Å². The van der Waals surface area contributed by atoms with Crippen LogP contribution in [0.15, 0.2) is 48.5 Å². The van der Waals surface area contributed by atoms with Gasteiger partial charge in [0.15, 0.2) is 0 Å². The standard InChI is InChI=1S/C12H12F2O3.C11H10F2O3/c1-16-11(15)8-2-4-10(5-3-8)17-7-9-6-12(9,13)14;12-11(13)5-8(11)6-16-9-3-1-7(2-4-9)10(14)15/h2-5,9H,6-7H2,1H3;1-4,8H,5-6H2,(H,14,15). The van der Waals surface area contributed by atoms with E-state index in [2.05, 4.69) is 4.74 Å². The fraction of sp³-hybridized carbons (Fsp3) is 0.391. The molecule has 2 atom stereocenters. The Morgan fingerprint density at radius 2 is 1.18 bits per heavy atom. The summed E-state index contributed by atoms with van der Waals surface area (Å²) in [7, 11) is 1.29. The third-order valence-corrected chi connectivity index (χ3v) is 5.19. The van der Waals surface area contributed by atoms with E-state index in [1.165, 1.54) is 43.5 Å². The van der Waals surface area contributed by atoms with Crippen molar-refractivity contribution in [3.05, 3.63) is 59.7 Å². The number of hydrogen-bond donors (Lipinski definition) is 1. The Morgan fingerprint density at radius 3 is 1.48 bits per heavy atom. The lowest BCUT2D eigenvalue weighted by Crippen LogP contribution is -2.06. The van der Waals surface area contributed by atoms with Crippen molar-refractivity contribution in [3.8, 4) is 11.5 Å². The van der Waals surface area contributed by atoms with Gasteiger partial charge in [0.1, 0.15) is 11.5 Å². The molecule has 1 N–H and O–H groups in total. The zero-order chi connectivity index (χ0) is 24.2. The Morgan fingerprint density at radius 1 is 0.818 bits per heavy atom. The summed E-state index contributed by atoms with van der Waals surface area (Å²) in [6.07, 6.45) is -0.229. The maximum atomic E-state index is 12.6. The first-order chi connectivity index (χ1) is 15.5. The molecule has 0 bridgehead atoms. The molecule has 178 valence electrons. The Kier molecular flexibility index (Phi) is 7.14. The topological polar surface area (TPSA) is 82.1 Å². The quantitative estimate of drug-likeness (QED) is 0.436. The van der Waals surface area contributed by atoms with E-state index in [0.717, 1.165) is 0 Å². The van der Waals surface area contributed by atoms with Gasteiger partial charge in [0.05, 0.1) is 43.3 Å². The molecule has 2 aliphatic rings. The number of carboxylic acids is 1. The fourth-order valence-electron chi connectivity index (χ4n) is 2.79. The molecule has 0 amide bonds. The van der Waals surface area contributed by atoms with Crippen LogP contribution < -0.4 is 9.47 Å².